The minimum Gasteiger partial charge on any atom is -0.460 e. The van der Waals surface area contributed by atoms with E-state index < -0.39 is 36.2 Å². The van der Waals surface area contributed by atoms with E-state index in [1.54, 1.807) is 109 Å². The summed E-state index contributed by atoms with van der Waals surface area (Å²) in [5, 5.41) is 6.02. The number of esters is 3. The molecule has 74 heavy (non-hydrogen) atoms. The summed E-state index contributed by atoms with van der Waals surface area (Å²) in [6.45, 7) is 1.71. The van der Waals surface area contributed by atoms with Gasteiger partial charge in [-0.15, -0.1) is 0 Å². The molecule has 0 aromatic heterocycles. The van der Waals surface area contributed by atoms with Gasteiger partial charge < -0.3 is 24.8 Å². The molecule has 2 N–H and O–H groups in total. The zero-order valence-electron chi connectivity index (χ0n) is 43.5. The second-order valence-electron chi connectivity index (χ2n) is 19.3. The molecule has 0 radical (unpaired) electrons. The fraction of sp³-hybridized carbons (Fsp3) is 0.429. The van der Waals surface area contributed by atoms with Crippen molar-refractivity contribution in [3.8, 4) is 0 Å². The lowest BCUT2D eigenvalue weighted by atomic mass is 10.0. The first kappa shape index (κ1) is 58.0. The molecule has 11 nitrogen and oxygen atoms in total. The number of carbonyl (C=O) groups is 6. The molecule has 0 heterocycles. The number of nitrogens with one attached hydrogen (secondary N) is 2. The monoisotopic (exact) mass is 1010 g/mol. The van der Waals surface area contributed by atoms with E-state index in [9.17, 15) is 28.8 Å². The molecule has 5 aromatic rings. The molecule has 4 atom stereocenters. The summed E-state index contributed by atoms with van der Waals surface area (Å²) in [7, 11) is 0. The summed E-state index contributed by atoms with van der Waals surface area (Å²) in [5.74, 6) is -1.61. The highest BCUT2D eigenvalue weighted by molar-refractivity contribution is 5.95. The van der Waals surface area contributed by atoms with Gasteiger partial charge >= 0.3 is 17.9 Å². The van der Waals surface area contributed by atoms with Crippen LogP contribution in [0.2, 0.25) is 0 Å². The van der Waals surface area contributed by atoms with Crippen LogP contribution in [0.1, 0.15) is 194 Å². The lowest BCUT2D eigenvalue weighted by Crippen LogP contribution is -2.48. The van der Waals surface area contributed by atoms with E-state index in [2.05, 4.69) is 10.6 Å². The Bertz CT molecular complexity index is 2380. The van der Waals surface area contributed by atoms with E-state index in [-0.39, 0.29) is 24.5 Å². The van der Waals surface area contributed by atoms with Crippen LogP contribution >= 0.6 is 0 Å². The molecule has 5 aromatic carbocycles. The molecule has 0 aliphatic heterocycles. The maximum absolute atomic E-state index is 13.4. The van der Waals surface area contributed by atoms with Gasteiger partial charge in [0, 0.05) is 24.0 Å². The van der Waals surface area contributed by atoms with Crippen LogP contribution < -0.4 is 10.6 Å². The Hall–Kier alpha value is -6.88. The first-order valence-electron chi connectivity index (χ1n) is 27.2. The van der Waals surface area contributed by atoms with Gasteiger partial charge in [0.25, 0.3) is 11.8 Å². The molecule has 0 saturated carbocycles. The Balaban J connectivity index is 0.908. The number of ether oxygens (including phenoxy) is 3. The standard InChI is InChI=1S/C63H78N2O9/c1-49(64-59(67)50-34-20-15-21-35-50)57(73-62(70)53-40-26-18-27-41-53)46-32-14-10-12-31-45-55(66)44-30-11-8-6-4-2-3-5-7-9-13-33-47-58(74-63(71)54-42-28-19-29-43-54)56(65-60(68)51-36-22-16-23-37-51)48-72-61(69)52-38-24-17-25-39-52/h15-29,34-43,49,56-58H,2-14,30-33,44-48H2,1H3,(H,64,67)(H,65,68)/t49-,56-,57-,58-/m1/s1. The van der Waals surface area contributed by atoms with Crippen LogP contribution in [0.3, 0.4) is 0 Å². The van der Waals surface area contributed by atoms with Gasteiger partial charge in [0.2, 0.25) is 0 Å². The highest BCUT2D eigenvalue weighted by Gasteiger charge is 2.30. The Morgan fingerprint density at radius 2 is 0.676 bits per heavy atom. The van der Waals surface area contributed by atoms with E-state index >= 15 is 0 Å². The minimum absolute atomic E-state index is 0.164. The summed E-state index contributed by atoms with van der Waals surface area (Å²) in [5.41, 5.74) is 2.29. The molecule has 0 bridgehead atoms. The van der Waals surface area contributed by atoms with Gasteiger partial charge in [-0.25, -0.2) is 14.4 Å². The molecule has 0 aliphatic carbocycles. The first-order valence-corrected chi connectivity index (χ1v) is 27.2. The fourth-order valence-corrected chi connectivity index (χ4v) is 8.95. The number of amides is 2. The van der Waals surface area contributed by atoms with Gasteiger partial charge in [0.05, 0.1) is 22.7 Å². The topological polar surface area (TPSA) is 154 Å². The van der Waals surface area contributed by atoms with Crippen LogP contribution in [0.4, 0.5) is 0 Å². The fourth-order valence-electron chi connectivity index (χ4n) is 8.95. The number of hydrogen-bond donors (Lipinski definition) is 2. The smallest absolute Gasteiger partial charge is 0.338 e. The average molecular weight is 1010 g/mol. The van der Waals surface area contributed by atoms with Crippen LogP contribution in [-0.2, 0) is 19.0 Å². The molecule has 2 amide bonds. The van der Waals surface area contributed by atoms with E-state index in [0.717, 1.165) is 83.5 Å². The Kier molecular flexibility index (Phi) is 27.1. The Morgan fingerprint density at radius 3 is 1.08 bits per heavy atom. The summed E-state index contributed by atoms with van der Waals surface area (Å²) >= 11 is 0. The molecule has 0 saturated heterocycles. The SMILES string of the molecule is C[C@@H](NC(=O)c1ccccc1)[C@@H](CCCCCCCC(=O)CCCCCCCCCCCCCC[C@@H](OC(=O)c1ccccc1)[C@@H](COC(=O)c1ccccc1)NC(=O)c1ccccc1)OC(=O)c1ccccc1. The second-order valence-corrected chi connectivity index (χ2v) is 19.3. The third-order valence-corrected chi connectivity index (χ3v) is 13.3. The van der Waals surface area contributed by atoms with Crippen molar-refractivity contribution in [1.29, 1.82) is 0 Å². The van der Waals surface area contributed by atoms with E-state index in [1.165, 1.54) is 25.7 Å². The summed E-state index contributed by atoms with van der Waals surface area (Å²) in [6.07, 6.45) is 18.9. The van der Waals surface area contributed by atoms with Gasteiger partial charge in [-0.3, -0.25) is 14.4 Å². The molecule has 0 spiro atoms. The van der Waals surface area contributed by atoms with Crippen molar-refractivity contribution < 1.29 is 43.0 Å². The molecule has 11 heteroatoms. The molecular formula is C63H78N2O9. The minimum atomic E-state index is -0.774. The normalized spacial score (nSPS) is 12.6. The van der Waals surface area contributed by atoms with E-state index in [0.29, 0.717) is 59.3 Å². The summed E-state index contributed by atoms with van der Waals surface area (Å²) in [6, 6.07) is 43.0. The van der Waals surface area contributed by atoms with Crippen LogP contribution in [0, 0.1) is 0 Å². The van der Waals surface area contributed by atoms with Crippen molar-refractivity contribution in [3.05, 3.63) is 179 Å². The second kappa shape index (κ2) is 34.5. The van der Waals surface area contributed by atoms with E-state index in [4.69, 9.17) is 14.2 Å². The zero-order valence-corrected chi connectivity index (χ0v) is 43.5. The summed E-state index contributed by atoms with van der Waals surface area (Å²) in [4.78, 5) is 78.1. The van der Waals surface area contributed by atoms with Gasteiger partial charge in [-0.2, -0.15) is 0 Å². The Morgan fingerprint density at radius 1 is 0.365 bits per heavy atom. The van der Waals surface area contributed by atoms with Crippen molar-refractivity contribution in [3.63, 3.8) is 0 Å². The highest BCUT2D eigenvalue weighted by atomic mass is 16.6. The van der Waals surface area contributed by atoms with Crippen molar-refractivity contribution >= 4 is 35.5 Å². The number of unbranched alkanes of at least 4 members (excludes halogenated alkanes) is 15. The lowest BCUT2D eigenvalue weighted by Gasteiger charge is -2.28. The van der Waals surface area contributed by atoms with Crippen LogP contribution in [-0.4, -0.2) is 66.4 Å². The predicted molar refractivity (Wildman–Crippen MR) is 291 cm³/mol. The Labute approximate surface area is 439 Å². The first-order chi connectivity index (χ1) is 36.2. The van der Waals surface area contributed by atoms with Crippen molar-refractivity contribution in [1.82, 2.24) is 10.6 Å². The lowest BCUT2D eigenvalue weighted by molar-refractivity contribution is -0.119. The van der Waals surface area contributed by atoms with Crippen LogP contribution in [0.5, 0.6) is 0 Å². The van der Waals surface area contributed by atoms with E-state index in [1.807, 2.05) is 49.4 Å². The summed E-state index contributed by atoms with van der Waals surface area (Å²) < 4.78 is 17.7. The number of carbonyl (C=O) groups excluding carboxylic acids is 6. The van der Waals surface area contributed by atoms with Gasteiger partial charge in [0.1, 0.15) is 30.6 Å². The third kappa shape index (κ3) is 22.5. The van der Waals surface area contributed by atoms with Gasteiger partial charge in [0.15, 0.2) is 0 Å². The number of Topliss-reactive ketones (excluding diaryl/α,β-unsaturated/α-hetero) is 1. The van der Waals surface area contributed by atoms with Crippen LogP contribution in [0.15, 0.2) is 152 Å². The van der Waals surface area contributed by atoms with Crippen LogP contribution in [0.25, 0.3) is 0 Å². The molecule has 0 unspecified atom stereocenters. The highest BCUT2D eigenvalue weighted by Crippen LogP contribution is 2.20. The number of hydrogen-bond acceptors (Lipinski definition) is 9. The third-order valence-electron chi connectivity index (χ3n) is 13.3. The average Bonchev–Trinajstić information content (AvgIpc) is 3.44. The molecule has 0 aliphatic rings. The van der Waals surface area contributed by atoms with Crippen molar-refractivity contribution in [2.24, 2.45) is 0 Å². The molecule has 394 valence electrons. The number of rotatable bonds is 36. The maximum atomic E-state index is 13.4. The van der Waals surface area contributed by atoms with Gasteiger partial charge in [-0.05, 0) is 106 Å². The molecule has 5 rings (SSSR count). The number of benzene rings is 5. The van der Waals surface area contributed by atoms with Gasteiger partial charge in [-0.1, -0.05) is 174 Å². The number of ketones is 1. The molecule has 0 fully saturated rings. The maximum Gasteiger partial charge on any atom is 0.338 e. The molecular weight excluding hydrogens is 929 g/mol. The quantitative estimate of drug-likeness (QED) is 0.0227. The largest absolute Gasteiger partial charge is 0.460 e. The van der Waals surface area contributed by atoms with Crippen molar-refractivity contribution in [2.75, 3.05) is 6.61 Å². The predicted octanol–water partition coefficient (Wildman–Crippen LogP) is 13.7. The van der Waals surface area contributed by atoms with Crippen molar-refractivity contribution in [2.45, 2.75) is 166 Å². The zero-order chi connectivity index (χ0) is 52.4.